The highest BCUT2D eigenvalue weighted by atomic mass is 31.1. The van der Waals surface area contributed by atoms with Gasteiger partial charge in [0.1, 0.15) is 0 Å². The molecule has 0 fully saturated rings. The molecule has 0 aliphatic rings. The van der Waals surface area contributed by atoms with Crippen molar-refractivity contribution in [1.82, 2.24) is 0 Å². The molecule has 0 amide bonds. The molecule has 5 nitrogen and oxygen atoms in total. The second-order valence-corrected chi connectivity index (χ2v) is 4.97. The first kappa shape index (κ1) is 14.8. The molecule has 2 atom stereocenters. The van der Waals surface area contributed by atoms with Gasteiger partial charge in [-0.3, -0.25) is 11.5 Å². The number of nitrogens with two attached hydrogens (primary N) is 2. The van der Waals surface area contributed by atoms with Gasteiger partial charge in [-0.05, 0) is 0 Å². The van der Waals surface area contributed by atoms with E-state index in [2.05, 4.69) is 0 Å². The van der Waals surface area contributed by atoms with Crippen LogP contribution in [-0.4, -0.2) is 0 Å². The lowest BCUT2D eigenvalue weighted by Gasteiger charge is -2.07. The predicted octanol–water partition coefficient (Wildman–Crippen LogP) is 2.99. The van der Waals surface area contributed by atoms with Crippen LogP contribution in [0.1, 0.15) is 23.6 Å². The molecule has 104 valence electrons. The predicted molar refractivity (Wildman–Crippen MR) is 76.5 cm³/mol. The minimum atomic E-state index is -2.41. The lowest BCUT2D eigenvalue weighted by molar-refractivity contribution is 0.135. The first-order valence-electron chi connectivity index (χ1n) is 6.08. The molecule has 0 aliphatic heterocycles. The Bertz CT molecular complexity index is 501. The molecule has 20 heavy (non-hydrogen) atoms. The average molecular weight is 291 g/mol. The van der Waals surface area contributed by atoms with Gasteiger partial charge in [-0.25, -0.2) is 0 Å². The van der Waals surface area contributed by atoms with Crippen LogP contribution < -0.4 is 11.5 Å². The summed E-state index contributed by atoms with van der Waals surface area (Å²) in [6.07, 6.45) is -1.63. The van der Waals surface area contributed by atoms with E-state index in [1.807, 2.05) is 36.4 Å². The molecule has 4 N–H and O–H groups in total. The third kappa shape index (κ3) is 4.20. The topological polar surface area (TPSA) is 87.6 Å². The molecule has 0 radical (unpaired) electrons. The van der Waals surface area contributed by atoms with Gasteiger partial charge in [-0.15, -0.1) is 0 Å². The fourth-order valence-corrected chi connectivity index (χ4v) is 2.28. The van der Waals surface area contributed by atoms with Crippen LogP contribution in [0.4, 0.5) is 0 Å². The Kier molecular flexibility index (Phi) is 5.35. The van der Waals surface area contributed by atoms with Crippen molar-refractivity contribution in [2.24, 2.45) is 11.5 Å². The van der Waals surface area contributed by atoms with Gasteiger partial charge in [0.25, 0.3) is 0 Å². The van der Waals surface area contributed by atoms with Crippen molar-refractivity contribution in [3.8, 4) is 0 Å². The van der Waals surface area contributed by atoms with E-state index in [1.54, 1.807) is 24.3 Å². The van der Waals surface area contributed by atoms with Crippen LogP contribution in [0, 0.1) is 0 Å². The molecule has 6 heteroatoms. The van der Waals surface area contributed by atoms with E-state index in [4.69, 9.17) is 20.5 Å². The molecule has 2 aromatic carbocycles. The lowest BCUT2D eigenvalue weighted by Crippen LogP contribution is -2.14. The number of hydrogen-bond acceptors (Lipinski definition) is 5. The monoisotopic (exact) mass is 291 g/mol. The maximum atomic E-state index is 11.8. The molecule has 0 aromatic heterocycles. The Morgan fingerprint density at radius 1 is 0.750 bits per heavy atom. The number of rotatable bonds is 6. The Morgan fingerprint density at radius 3 is 1.45 bits per heavy atom. The summed E-state index contributed by atoms with van der Waals surface area (Å²) in [5.41, 5.74) is 13.0. The minimum absolute atomic E-state index is 0.715. The third-order valence-electron chi connectivity index (χ3n) is 2.66. The fourth-order valence-electron chi connectivity index (χ4n) is 1.62. The molecule has 0 bridgehead atoms. The highest BCUT2D eigenvalue weighted by Crippen LogP contribution is 2.34. The van der Waals surface area contributed by atoms with Crippen molar-refractivity contribution in [3.63, 3.8) is 0 Å². The van der Waals surface area contributed by atoms with E-state index >= 15 is 0 Å². The van der Waals surface area contributed by atoms with Gasteiger partial charge in [-0.2, -0.15) is 0 Å². The Morgan fingerprint density at radius 2 is 1.10 bits per heavy atom. The first-order valence-corrected chi connectivity index (χ1v) is 7.18. The zero-order chi connectivity index (χ0) is 14.4. The van der Waals surface area contributed by atoms with Crippen molar-refractivity contribution in [1.29, 1.82) is 0 Å². The normalized spacial score (nSPS) is 14.6. The van der Waals surface area contributed by atoms with E-state index in [0.29, 0.717) is 11.1 Å². The zero-order valence-electron chi connectivity index (χ0n) is 10.8. The van der Waals surface area contributed by atoms with Gasteiger partial charge in [-0.1, -0.05) is 69.7 Å². The minimum Gasteiger partial charge on any atom is -0.298 e. The second kappa shape index (κ2) is 7.24. The van der Waals surface area contributed by atoms with Crippen LogP contribution in [0.2, 0.25) is 0 Å². The standard InChI is InChI=1S/C14H16N2O3P/c15-13(11-7-3-1-4-8-11)18-20(17)19-14(16)12-9-5-2-6-10-12/h1-10,13-14H,15-16H2/q+1. The van der Waals surface area contributed by atoms with E-state index in [-0.39, 0.29) is 0 Å². The number of hydrogen-bond donors (Lipinski definition) is 2. The summed E-state index contributed by atoms with van der Waals surface area (Å²) in [7, 11) is -2.41. The number of benzene rings is 2. The van der Waals surface area contributed by atoms with Gasteiger partial charge >= 0.3 is 8.25 Å². The fraction of sp³-hybridized carbons (Fsp3) is 0.143. The smallest absolute Gasteiger partial charge is 0.298 e. The van der Waals surface area contributed by atoms with Crippen molar-refractivity contribution >= 4 is 8.25 Å². The summed E-state index contributed by atoms with van der Waals surface area (Å²) in [5, 5.41) is 0. The Hall–Kier alpha value is -1.62. The van der Waals surface area contributed by atoms with Crippen LogP contribution >= 0.6 is 8.25 Å². The third-order valence-corrected chi connectivity index (χ3v) is 3.45. The summed E-state index contributed by atoms with van der Waals surface area (Å²) >= 11 is 0. The van der Waals surface area contributed by atoms with Crippen molar-refractivity contribution in [2.45, 2.75) is 12.5 Å². The summed E-state index contributed by atoms with van der Waals surface area (Å²) in [4.78, 5) is 0. The molecule has 2 unspecified atom stereocenters. The molecule has 2 aromatic rings. The van der Waals surface area contributed by atoms with E-state index in [9.17, 15) is 4.57 Å². The van der Waals surface area contributed by atoms with Gasteiger partial charge in [0.2, 0.25) is 0 Å². The second-order valence-electron chi connectivity index (χ2n) is 4.10. The largest absolute Gasteiger partial charge is 0.701 e. The SMILES string of the molecule is NC(O[P+](=O)OC(N)c1ccccc1)c1ccccc1. The van der Waals surface area contributed by atoms with Crippen molar-refractivity contribution < 1.29 is 13.6 Å². The maximum absolute atomic E-state index is 11.8. The van der Waals surface area contributed by atoms with Crippen LogP contribution in [-0.2, 0) is 13.6 Å². The van der Waals surface area contributed by atoms with Crippen LogP contribution in [0.5, 0.6) is 0 Å². The van der Waals surface area contributed by atoms with E-state index in [1.165, 1.54) is 0 Å². The van der Waals surface area contributed by atoms with Gasteiger partial charge < -0.3 is 0 Å². The van der Waals surface area contributed by atoms with Gasteiger partial charge in [0.05, 0.1) is 0 Å². The zero-order valence-corrected chi connectivity index (χ0v) is 11.6. The summed E-state index contributed by atoms with van der Waals surface area (Å²) in [6.45, 7) is 0. The first-order chi connectivity index (χ1) is 9.66. The Balaban J connectivity index is 1.90. The summed E-state index contributed by atoms with van der Waals surface area (Å²) in [6, 6.07) is 18.1. The molecule has 2 rings (SSSR count). The van der Waals surface area contributed by atoms with Crippen LogP contribution in [0.25, 0.3) is 0 Å². The van der Waals surface area contributed by atoms with Crippen LogP contribution in [0.3, 0.4) is 0 Å². The van der Waals surface area contributed by atoms with E-state index < -0.39 is 20.7 Å². The molecule has 0 aliphatic carbocycles. The average Bonchev–Trinajstić information content (AvgIpc) is 2.49. The van der Waals surface area contributed by atoms with E-state index in [0.717, 1.165) is 0 Å². The molecule has 0 heterocycles. The summed E-state index contributed by atoms with van der Waals surface area (Å²) in [5.74, 6) is 0. The molecule has 0 spiro atoms. The van der Waals surface area contributed by atoms with Crippen molar-refractivity contribution in [3.05, 3.63) is 71.8 Å². The van der Waals surface area contributed by atoms with Gasteiger partial charge in [0.15, 0.2) is 12.5 Å². The maximum Gasteiger partial charge on any atom is 0.701 e. The van der Waals surface area contributed by atoms with Crippen molar-refractivity contribution in [2.75, 3.05) is 0 Å². The van der Waals surface area contributed by atoms with Crippen LogP contribution in [0.15, 0.2) is 60.7 Å². The highest BCUT2D eigenvalue weighted by molar-refractivity contribution is 7.33. The highest BCUT2D eigenvalue weighted by Gasteiger charge is 2.30. The molecule has 0 saturated carbocycles. The quantitative estimate of drug-likeness (QED) is 0.631. The van der Waals surface area contributed by atoms with Gasteiger partial charge in [0, 0.05) is 15.7 Å². The summed E-state index contributed by atoms with van der Waals surface area (Å²) < 4.78 is 22.0. The molecule has 0 saturated heterocycles. The molecular formula is C14H16N2O3P+. The Labute approximate surface area is 118 Å². The molecular weight excluding hydrogens is 275 g/mol. The lowest BCUT2D eigenvalue weighted by atomic mass is 10.2.